The topological polar surface area (TPSA) is 29.5 Å². The summed E-state index contributed by atoms with van der Waals surface area (Å²) in [6.45, 7) is 2.16. The van der Waals surface area contributed by atoms with E-state index < -0.39 is 0 Å². The molecule has 1 aromatic carbocycles. The number of ether oxygens (including phenoxy) is 1. The summed E-state index contributed by atoms with van der Waals surface area (Å²) in [4.78, 5) is 12.8. The van der Waals surface area contributed by atoms with Crippen molar-refractivity contribution in [1.82, 2.24) is 0 Å². The summed E-state index contributed by atoms with van der Waals surface area (Å²) < 4.78 is 4.58. The third kappa shape index (κ3) is 3.13. The molecule has 0 atom stereocenters. The maximum Gasteiger partial charge on any atom is 0.325 e. The maximum atomic E-state index is 11.1. The third-order valence-electron chi connectivity index (χ3n) is 2.19. The monoisotopic (exact) mass is 227 g/mol. The van der Waals surface area contributed by atoms with Crippen LogP contribution in [0.25, 0.3) is 0 Å². The van der Waals surface area contributed by atoms with Gasteiger partial charge >= 0.3 is 5.97 Å². The molecule has 0 N–H and O–H groups in total. The highest BCUT2D eigenvalue weighted by molar-refractivity contribution is 6.31. The van der Waals surface area contributed by atoms with E-state index in [1.54, 1.807) is 4.90 Å². The van der Waals surface area contributed by atoms with Gasteiger partial charge in [0.15, 0.2) is 0 Å². The average molecular weight is 228 g/mol. The smallest absolute Gasteiger partial charge is 0.325 e. The first kappa shape index (κ1) is 11.9. The predicted octanol–water partition coefficient (Wildman–Crippen LogP) is 2.26. The van der Waals surface area contributed by atoms with Crippen LogP contribution < -0.4 is 4.90 Å². The van der Waals surface area contributed by atoms with Crippen LogP contribution in [0.5, 0.6) is 0 Å². The Labute approximate surface area is 94.6 Å². The Morgan fingerprint density at radius 3 is 2.73 bits per heavy atom. The van der Waals surface area contributed by atoms with Crippen molar-refractivity contribution >= 4 is 23.3 Å². The molecule has 0 unspecified atom stereocenters. The van der Waals surface area contributed by atoms with Gasteiger partial charge in [0, 0.05) is 17.8 Å². The summed E-state index contributed by atoms with van der Waals surface area (Å²) in [6.07, 6.45) is 0. The number of hydrogen-bond donors (Lipinski definition) is 0. The minimum Gasteiger partial charge on any atom is -0.468 e. The fourth-order valence-corrected chi connectivity index (χ4v) is 1.34. The van der Waals surface area contributed by atoms with Crippen molar-refractivity contribution in [2.24, 2.45) is 0 Å². The standard InChI is InChI=1S/C11H14ClNO2/c1-8-4-5-9(6-10(8)12)13(2)7-11(14)15-3/h4-6H,7H2,1-3H3. The molecule has 0 aromatic heterocycles. The normalized spacial score (nSPS) is 9.87. The van der Waals surface area contributed by atoms with Crippen LogP contribution in [0.2, 0.25) is 5.02 Å². The van der Waals surface area contributed by atoms with E-state index in [2.05, 4.69) is 4.74 Å². The van der Waals surface area contributed by atoms with Crippen molar-refractivity contribution < 1.29 is 9.53 Å². The van der Waals surface area contributed by atoms with Gasteiger partial charge in [0.2, 0.25) is 0 Å². The number of carbonyl (C=O) groups excluding carboxylic acids is 1. The van der Waals surface area contributed by atoms with Crippen LogP contribution in [0.4, 0.5) is 5.69 Å². The number of anilines is 1. The molecule has 0 aliphatic rings. The first-order valence-electron chi connectivity index (χ1n) is 4.58. The van der Waals surface area contributed by atoms with Gasteiger partial charge in [0.25, 0.3) is 0 Å². The van der Waals surface area contributed by atoms with Gasteiger partial charge in [-0.15, -0.1) is 0 Å². The summed E-state index contributed by atoms with van der Waals surface area (Å²) >= 11 is 5.99. The van der Waals surface area contributed by atoms with Crippen LogP contribution in [-0.2, 0) is 9.53 Å². The molecule has 0 saturated carbocycles. The van der Waals surface area contributed by atoms with E-state index in [1.807, 2.05) is 32.2 Å². The number of halogens is 1. The molecule has 1 aromatic rings. The van der Waals surface area contributed by atoms with Gasteiger partial charge in [-0.2, -0.15) is 0 Å². The number of aryl methyl sites for hydroxylation is 1. The van der Waals surface area contributed by atoms with Gasteiger partial charge < -0.3 is 9.64 Å². The lowest BCUT2D eigenvalue weighted by Gasteiger charge is -2.18. The van der Waals surface area contributed by atoms with Crippen LogP contribution in [0.3, 0.4) is 0 Å². The first-order chi connectivity index (χ1) is 7.04. The van der Waals surface area contributed by atoms with Crippen LogP contribution in [-0.4, -0.2) is 26.7 Å². The van der Waals surface area contributed by atoms with Crippen LogP contribution in [0, 0.1) is 6.92 Å². The van der Waals surface area contributed by atoms with E-state index in [4.69, 9.17) is 11.6 Å². The number of likely N-dealkylation sites (N-methyl/N-ethyl adjacent to an activating group) is 1. The first-order valence-corrected chi connectivity index (χ1v) is 4.96. The molecule has 82 valence electrons. The molecule has 0 bridgehead atoms. The minimum absolute atomic E-state index is 0.218. The molecule has 0 heterocycles. The minimum atomic E-state index is -0.269. The second-order valence-corrected chi connectivity index (χ2v) is 3.77. The highest BCUT2D eigenvalue weighted by atomic mass is 35.5. The lowest BCUT2D eigenvalue weighted by atomic mass is 10.2. The molecule has 4 heteroatoms. The van der Waals surface area contributed by atoms with Crippen molar-refractivity contribution in [3.8, 4) is 0 Å². The Hall–Kier alpha value is -1.22. The predicted molar refractivity (Wildman–Crippen MR) is 61.5 cm³/mol. The van der Waals surface area contributed by atoms with E-state index in [-0.39, 0.29) is 12.5 Å². The van der Waals surface area contributed by atoms with Gasteiger partial charge in [0.05, 0.1) is 7.11 Å². The van der Waals surface area contributed by atoms with Gasteiger partial charge in [-0.25, -0.2) is 0 Å². The number of esters is 1. The van der Waals surface area contributed by atoms with Crippen LogP contribution in [0.15, 0.2) is 18.2 Å². The van der Waals surface area contributed by atoms with Crippen molar-refractivity contribution in [2.75, 3.05) is 25.6 Å². The third-order valence-corrected chi connectivity index (χ3v) is 2.60. The largest absolute Gasteiger partial charge is 0.468 e. The fraction of sp³-hybridized carbons (Fsp3) is 0.364. The highest BCUT2D eigenvalue weighted by Gasteiger charge is 2.08. The number of benzene rings is 1. The van der Waals surface area contributed by atoms with Gasteiger partial charge in [0.1, 0.15) is 6.54 Å². The molecule has 0 aliphatic carbocycles. The van der Waals surface area contributed by atoms with Crippen molar-refractivity contribution in [2.45, 2.75) is 6.92 Å². The van der Waals surface area contributed by atoms with E-state index in [0.717, 1.165) is 11.3 Å². The van der Waals surface area contributed by atoms with E-state index in [9.17, 15) is 4.79 Å². The molecule has 0 fully saturated rings. The number of methoxy groups -OCH3 is 1. The summed E-state index contributed by atoms with van der Waals surface area (Å²) in [5, 5.41) is 0.698. The summed E-state index contributed by atoms with van der Waals surface area (Å²) in [6, 6.07) is 5.68. The number of carbonyl (C=O) groups is 1. The molecule has 0 aliphatic heterocycles. The Morgan fingerprint density at radius 1 is 1.53 bits per heavy atom. The quantitative estimate of drug-likeness (QED) is 0.742. The Morgan fingerprint density at radius 2 is 2.20 bits per heavy atom. The van der Waals surface area contributed by atoms with Gasteiger partial charge in [-0.1, -0.05) is 17.7 Å². The molecule has 0 amide bonds. The lowest BCUT2D eigenvalue weighted by Crippen LogP contribution is -2.26. The highest BCUT2D eigenvalue weighted by Crippen LogP contribution is 2.22. The number of hydrogen-bond acceptors (Lipinski definition) is 3. The molecule has 1 rings (SSSR count). The lowest BCUT2D eigenvalue weighted by molar-refractivity contribution is -0.138. The second kappa shape index (κ2) is 5.03. The number of nitrogens with zero attached hydrogens (tertiary/aromatic N) is 1. The molecule has 0 saturated heterocycles. The molecule has 0 radical (unpaired) electrons. The Balaban J connectivity index is 2.78. The zero-order chi connectivity index (χ0) is 11.4. The van der Waals surface area contributed by atoms with E-state index in [1.165, 1.54) is 7.11 Å². The maximum absolute atomic E-state index is 11.1. The van der Waals surface area contributed by atoms with Gasteiger partial charge in [-0.3, -0.25) is 4.79 Å². The Bertz CT molecular complexity index is 366. The van der Waals surface area contributed by atoms with Crippen molar-refractivity contribution in [3.63, 3.8) is 0 Å². The van der Waals surface area contributed by atoms with Crippen LogP contribution in [0.1, 0.15) is 5.56 Å². The fourth-order valence-electron chi connectivity index (χ4n) is 1.17. The zero-order valence-electron chi connectivity index (χ0n) is 9.08. The van der Waals surface area contributed by atoms with E-state index >= 15 is 0 Å². The van der Waals surface area contributed by atoms with Crippen molar-refractivity contribution in [3.05, 3.63) is 28.8 Å². The summed E-state index contributed by atoms with van der Waals surface area (Å²) in [5.74, 6) is -0.269. The number of rotatable bonds is 3. The second-order valence-electron chi connectivity index (χ2n) is 3.37. The Kier molecular flexibility index (Phi) is 3.97. The van der Waals surface area contributed by atoms with Crippen molar-refractivity contribution in [1.29, 1.82) is 0 Å². The average Bonchev–Trinajstić information content (AvgIpc) is 2.21. The zero-order valence-corrected chi connectivity index (χ0v) is 9.84. The summed E-state index contributed by atoms with van der Waals surface area (Å²) in [5.41, 5.74) is 1.92. The molecule has 3 nitrogen and oxygen atoms in total. The van der Waals surface area contributed by atoms with E-state index in [0.29, 0.717) is 5.02 Å². The summed E-state index contributed by atoms with van der Waals surface area (Å²) in [7, 11) is 3.19. The SMILES string of the molecule is COC(=O)CN(C)c1ccc(C)c(Cl)c1. The molecular weight excluding hydrogens is 214 g/mol. The molecule has 15 heavy (non-hydrogen) atoms. The molecular formula is C11H14ClNO2. The molecule has 0 spiro atoms. The van der Waals surface area contributed by atoms with Gasteiger partial charge in [-0.05, 0) is 24.6 Å². The van der Waals surface area contributed by atoms with Crippen LogP contribution >= 0.6 is 11.6 Å².